The predicted octanol–water partition coefficient (Wildman–Crippen LogP) is 1.26. The third-order valence-electron chi connectivity index (χ3n) is 3.11. The van der Waals surface area contributed by atoms with Crippen LogP contribution in [0.25, 0.3) is 5.70 Å². The minimum atomic E-state index is -0.789. The number of nitrogens with two attached hydrogens (primary N) is 1. The lowest BCUT2D eigenvalue weighted by Gasteiger charge is -2.22. The average Bonchev–Trinajstić information content (AvgIpc) is 2.52. The van der Waals surface area contributed by atoms with Crippen LogP contribution < -0.4 is 21.3 Å². The summed E-state index contributed by atoms with van der Waals surface area (Å²) in [6, 6.07) is 5.92. The van der Waals surface area contributed by atoms with Gasteiger partial charge in [0.25, 0.3) is 5.91 Å². The molecule has 1 aromatic rings. The van der Waals surface area contributed by atoms with Gasteiger partial charge in [0, 0.05) is 11.7 Å². The Morgan fingerprint density at radius 1 is 1.35 bits per heavy atom. The summed E-state index contributed by atoms with van der Waals surface area (Å²) in [7, 11) is 0. The minimum Gasteiger partial charge on any atom is -0.478 e. The van der Waals surface area contributed by atoms with E-state index >= 15 is 0 Å². The fraction of sp³-hybridized carbons (Fsp3) is 0.353. The molecule has 0 radical (unpaired) electrons. The largest absolute Gasteiger partial charge is 0.478 e. The second-order valence-corrected chi connectivity index (χ2v) is 5.11. The molecule has 0 aliphatic carbocycles. The van der Waals surface area contributed by atoms with E-state index < -0.39 is 18.0 Å². The van der Waals surface area contributed by atoms with Gasteiger partial charge in [-0.1, -0.05) is 12.5 Å². The van der Waals surface area contributed by atoms with Crippen molar-refractivity contribution in [3.05, 3.63) is 36.4 Å². The van der Waals surface area contributed by atoms with Gasteiger partial charge in [0.15, 0.2) is 6.10 Å². The van der Waals surface area contributed by atoms with Gasteiger partial charge in [-0.05, 0) is 50.6 Å². The van der Waals surface area contributed by atoms with Crippen molar-refractivity contribution < 1.29 is 14.7 Å². The van der Waals surface area contributed by atoms with E-state index in [1.807, 2.05) is 19.1 Å². The lowest BCUT2D eigenvalue weighted by Crippen LogP contribution is -2.52. The molecule has 3 atom stereocenters. The van der Waals surface area contributed by atoms with Gasteiger partial charge in [0.1, 0.15) is 11.8 Å². The maximum absolute atomic E-state index is 11.6. The Labute approximate surface area is 136 Å². The molecule has 1 unspecified atom stereocenters. The number of amides is 1. The van der Waals surface area contributed by atoms with Crippen LogP contribution in [-0.4, -0.2) is 29.3 Å². The SMILES string of the molecule is C=C(N[C@H](C(=O)NO)[C@@H](C)N)c1ccc(OC(C)C#CC)cc1. The molecule has 0 spiro atoms. The van der Waals surface area contributed by atoms with Crippen molar-refractivity contribution in [3.63, 3.8) is 0 Å². The van der Waals surface area contributed by atoms with Crippen molar-refractivity contribution in [3.8, 4) is 17.6 Å². The van der Waals surface area contributed by atoms with Crippen molar-refractivity contribution in [1.82, 2.24) is 10.8 Å². The van der Waals surface area contributed by atoms with Crippen molar-refractivity contribution in [1.29, 1.82) is 0 Å². The number of nitrogens with one attached hydrogen (secondary N) is 2. The van der Waals surface area contributed by atoms with Crippen molar-refractivity contribution >= 4 is 11.6 Å². The first-order chi connectivity index (χ1) is 10.9. The van der Waals surface area contributed by atoms with E-state index in [2.05, 4.69) is 23.7 Å². The third kappa shape index (κ3) is 5.66. The number of carbonyl (C=O) groups is 1. The van der Waals surface area contributed by atoms with Crippen molar-refractivity contribution in [2.24, 2.45) is 5.73 Å². The van der Waals surface area contributed by atoms with Gasteiger partial charge in [-0.25, -0.2) is 5.48 Å². The summed E-state index contributed by atoms with van der Waals surface area (Å²) in [4.78, 5) is 11.6. The fourth-order valence-electron chi connectivity index (χ4n) is 1.95. The summed E-state index contributed by atoms with van der Waals surface area (Å²) in [6.45, 7) is 9.18. The van der Waals surface area contributed by atoms with Crippen LogP contribution in [0.2, 0.25) is 0 Å². The molecule has 124 valence electrons. The molecule has 0 saturated carbocycles. The van der Waals surface area contributed by atoms with E-state index in [4.69, 9.17) is 15.7 Å². The van der Waals surface area contributed by atoms with E-state index in [1.54, 1.807) is 31.5 Å². The third-order valence-corrected chi connectivity index (χ3v) is 3.11. The molecule has 5 N–H and O–H groups in total. The van der Waals surface area contributed by atoms with Gasteiger partial charge in [-0.2, -0.15) is 0 Å². The zero-order chi connectivity index (χ0) is 17.4. The van der Waals surface area contributed by atoms with Crippen LogP contribution in [-0.2, 0) is 4.79 Å². The van der Waals surface area contributed by atoms with Crippen LogP contribution in [0.4, 0.5) is 0 Å². The molecule has 0 saturated heterocycles. The van der Waals surface area contributed by atoms with Crippen LogP contribution in [0, 0.1) is 11.8 Å². The standard InChI is InChI=1S/C17H23N3O3/c1-5-6-11(2)23-15-9-7-14(8-10-15)13(4)19-16(12(3)18)17(21)20-22/h7-12,16,19,22H,4,18H2,1-3H3,(H,20,21)/t11?,12-,16+/m1/s1. The Kier molecular flexibility index (Phi) is 7.13. The lowest BCUT2D eigenvalue weighted by molar-refractivity contribution is -0.131. The lowest BCUT2D eigenvalue weighted by atomic mass is 10.1. The molecule has 1 amide bonds. The van der Waals surface area contributed by atoms with Crippen molar-refractivity contribution in [2.75, 3.05) is 0 Å². The van der Waals surface area contributed by atoms with Gasteiger partial charge in [0.05, 0.1) is 0 Å². The van der Waals surface area contributed by atoms with Gasteiger partial charge >= 0.3 is 0 Å². The number of rotatable bonds is 7. The molecule has 0 aliphatic rings. The van der Waals surface area contributed by atoms with Crippen LogP contribution >= 0.6 is 0 Å². The molecule has 1 aromatic carbocycles. The summed E-state index contributed by atoms with van der Waals surface area (Å²) >= 11 is 0. The number of ether oxygens (including phenoxy) is 1. The highest BCUT2D eigenvalue weighted by Crippen LogP contribution is 2.18. The zero-order valence-corrected chi connectivity index (χ0v) is 13.6. The first kappa shape index (κ1) is 18.6. The van der Waals surface area contributed by atoms with Crippen LogP contribution in [0.5, 0.6) is 5.75 Å². The van der Waals surface area contributed by atoms with E-state index in [-0.39, 0.29) is 6.10 Å². The molecule has 0 aliphatic heterocycles. The first-order valence-electron chi connectivity index (χ1n) is 7.23. The highest BCUT2D eigenvalue weighted by molar-refractivity contribution is 5.83. The molecule has 6 heteroatoms. The van der Waals surface area contributed by atoms with Crippen molar-refractivity contribution in [2.45, 2.75) is 39.0 Å². The molecule has 0 fully saturated rings. The second kappa shape index (κ2) is 8.83. The second-order valence-electron chi connectivity index (χ2n) is 5.11. The molecule has 1 rings (SSSR count). The quantitative estimate of drug-likeness (QED) is 0.345. The van der Waals surface area contributed by atoms with E-state index in [1.165, 1.54) is 0 Å². The normalized spacial score (nSPS) is 13.8. The minimum absolute atomic E-state index is 0.192. The zero-order valence-electron chi connectivity index (χ0n) is 13.6. The molecule has 6 nitrogen and oxygen atoms in total. The van der Waals surface area contributed by atoms with Gasteiger partial charge < -0.3 is 15.8 Å². The van der Waals surface area contributed by atoms with Gasteiger partial charge in [0.2, 0.25) is 0 Å². The Morgan fingerprint density at radius 3 is 2.43 bits per heavy atom. The van der Waals surface area contributed by atoms with E-state index in [0.29, 0.717) is 11.4 Å². The van der Waals surface area contributed by atoms with E-state index in [0.717, 1.165) is 5.56 Å². The highest BCUT2D eigenvalue weighted by Gasteiger charge is 2.22. The number of hydrogen-bond acceptors (Lipinski definition) is 5. The van der Waals surface area contributed by atoms with Crippen LogP contribution in [0.1, 0.15) is 26.3 Å². The predicted molar refractivity (Wildman–Crippen MR) is 89.5 cm³/mol. The molecule has 0 aromatic heterocycles. The topological polar surface area (TPSA) is 96.6 Å². The molecular weight excluding hydrogens is 294 g/mol. The van der Waals surface area contributed by atoms with E-state index in [9.17, 15) is 4.79 Å². The Morgan fingerprint density at radius 2 is 1.96 bits per heavy atom. The number of benzene rings is 1. The fourth-order valence-corrected chi connectivity index (χ4v) is 1.95. The van der Waals surface area contributed by atoms with Gasteiger partial charge in [-0.3, -0.25) is 10.0 Å². The van der Waals surface area contributed by atoms with Crippen LogP contribution in [0.15, 0.2) is 30.8 Å². The summed E-state index contributed by atoms with van der Waals surface area (Å²) in [6.07, 6.45) is -0.192. The maximum atomic E-state index is 11.6. The summed E-state index contributed by atoms with van der Waals surface area (Å²) in [5, 5.41) is 11.7. The summed E-state index contributed by atoms with van der Waals surface area (Å²) in [5.74, 6) is 5.77. The number of hydrogen-bond donors (Lipinski definition) is 4. The monoisotopic (exact) mass is 317 g/mol. The highest BCUT2D eigenvalue weighted by atomic mass is 16.5. The summed E-state index contributed by atoms with van der Waals surface area (Å²) in [5.41, 5.74) is 8.63. The molecular formula is C17H23N3O3. The first-order valence-corrected chi connectivity index (χ1v) is 7.23. The average molecular weight is 317 g/mol. The Hall–Kier alpha value is -2.49. The molecule has 0 heterocycles. The Balaban J connectivity index is 2.76. The van der Waals surface area contributed by atoms with Crippen LogP contribution in [0.3, 0.4) is 0 Å². The maximum Gasteiger partial charge on any atom is 0.267 e. The smallest absolute Gasteiger partial charge is 0.267 e. The molecule has 0 bridgehead atoms. The summed E-state index contributed by atoms with van der Waals surface area (Å²) < 4.78 is 5.62. The number of hydroxylamine groups is 1. The Bertz CT molecular complexity index is 600. The molecule has 23 heavy (non-hydrogen) atoms. The van der Waals surface area contributed by atoms with Gasteiger partial charge in [-0.15, -0.1) is 5.92 Å². The number of carbonyl (C=O) groups excluding carboxylic acids is 1.